The molecular formula is C12H24N3+. The van der Waals surface area contributed by atoms with Crippen LogP contribution in [0.2, 0.25) is 0 Å². The molecule has 1 aromatic heterocycles. The molecule has 0 amide bonds. The third-order valence-corrected chi connectivity index (χ3v) is 1.58. The van der Waals surface area contributed by atoms with Gasteiger partial charge >= 0.3 is 0 Å². The van der Waals surface area contributed by atoms with Crippen molar-refractivity contribution in [3.05, 3.63) is 30.6 Å². The summed E-state index contributed by atoms with van der Waals surface area (Å²) in [5.74, 6) is 5.28. The SMILES string of the molecule is C=Cc1c(NN)ccc[n+]1C.CC.CC. The molecule has 0 aliphatic carbocycles. The van der Waals surface area contributed by atoms with Gasteiger partial charge in [-0.15, -0.1) is 0 Å². The second-order valence-corrected chi connectivity index (χ2v) is 2.27. The minimum Gasteiger partial charge on any atom is -0.318 e. The smallest absolute Gasteiger partial charge is 0.229 e. The fourth-order valence-corrected chi connectivity index (χ4v) is 1.00. The standard InChI is InChI=1S/C8H12N3.2C2H6/c1-3-8-7(10-9)5-4-6-11(8)2;2*1-2/h3-6,10H,1,9H2,2H3;2*1-2H3/q+1;;. The molecule has 1 heterocycles. The summed E-state index contributed by atoms with van der Waals surface area (Å²) in [5.41, 5.74) is 4.46. The molecule has 0 unspecified atom stereocenters. The summed E-state index contributed by atoms with van der Waals surface area (Å²) in [6.07, 6.45) is 3.70. The van der Waals surface area contributed by atoms with Gasteiger partial charge in [-0.05, 0) is 6.07 Å². The molecule has 0 saturated heterocycles. The molecule has 3 heteroatoms. The molecule has 15 heavy (non-hydrogen) atoms. The predicted octanol–water partition coefficient (Wildman–Crippen LogP) is 2.49. The molecule has 0 atom stereocenters. The Bertz CT molecular complexity index is 270. The zero-order chi connectivity index (χ0) is 12.3. The summed E-state index contributed by atoms with van der Waals surface area (Å²) >= 11 is 0. The number of nitrogens with one attached hydrogen (secondary N) is 1. The van der Waals surface area contributed by atoms with Crippen LogP contribution in [0.3, 0.4) is 0 Å². The number of pyridine rings is 1. The lowest BCUT2D eigenvalue weighted by Crippen LogP contribution is -2.32. The van der Waals surface area contributed by atoms with Crippen molar-refractivity contribution in [3.8, 4) is 0 Å². The van der Waals surface area contributed by atoms with Crippen molar-refractivity contribution in [2.75, 3.05) is 5.43 Å². The van der Waals surface area contributed by atoms with E-state index in [0.717, 1.165) is 11.4 Å². The second kappa shape index (κ2) is 10.7. The maximum Gasteiger partial charge on any atom is 0.229 e. The van der Waals surface area contributed by atoms with Crippen LogP contribution in [0.25, 0.3) is 6.08 Å². The normalized spacial score (nSPS) is 7.60. The van der Waals surface area contributed by atoms with Crippen LogP contribution < -0.4 is 15.8 Å². The largest absolute Gasteiger partial charge is 0.318 e. The molecule has 0 aromatic carbocycles. The van der Waals surface area contributed by atoms with Crippen LogP contribution in [-0.4, -0.2) is 0 Å². The highest BCUT2D eigenvalue weighted by Gasteiger charge is 2.06. The van der Waals surface area contributed by atoms with Gasteiger partial charge in [0.2, 0.25) is 5.69 Å². The van der Waals surface area contributed by atoms with Crippen molar-refractivity contribution in [1.82, 2.24) is 0 Å². The highest BCUT2D eigenvalue weighted by molar-refractivity contribution is 5.58. The van der Waals surface area contributed by atoms with Crippen LogP contribution in [0.1, 0.15) is 33.4 Å². The van der Waals surface area contributed by atoms with E-state index in [1.807, 2.05) is 57.6 Å². The van der Waals surface area contributed by atoms with E-state index in [1.165, 1.54) is 0 Å². The third kappa shape index (κ3) is 5.18. The first-order chi connectivity index (χ1) is 7.29. The number of nitrogens with two attached hydrogens (primary N) is 1. The van der Waals surface area contributed by atoms with Crippen molar-refractivity contribution in [2.45, 2.75) is 27.7 Å². The number of hydrogen-bond donors (Lipinski definition) is 2. The maximum atomic E-state index is 5.28. The fourth-order valence-electron chi connectivity index (χ4n) is 1.00. The molecule has 1 rings (SSSR count). The summed E-state index contributed by atoms with van der Waals surface area (Å²) in [6, 6.07) is 3.82. The number of anilines is 1. The van der Waals surface area contributed by atoms with Crippen molar-refractivity contribution < 1.29 is 4.57 Å². The number of aryl methyl sites for hydroxylation is 1. The van der Waals surface area contributed by atoms with Crippen molar-refractivity contribution in [2.24, 2.45) is 12.9 Å². The van der Waals surface area contributed by atoms with E-state index in [2.05, 4.69) is 12.0 Å². The van der Waals surface area contributed by atoms with Crippen molar-refractivity contribution in [3.63, 3.8) is 0 Å². The van der Waals surface area contributed by atoms with Gasteiger partial charge in [0.15, 0.2) is 6.20 Å². The van der Waals surface area contributed by atoms with Gasteiger partial charge in [-0.2, -0.15) is 4.57 Å². The van der Waals surface area contributed by atoms with Crippen LogP contribution in [0.15, 0.2) is 24.9 Å². The van der Waals surface area contributed by atoms with Crippen LogP contribution in [-0.2, 0) is 7.05 Å². The van der Waals surface area contributed by atoms with Gasteiger partial charge in [0, 0.05) is 12.1 Å². The van der Waals surface area contributed by atoms with Crippen LogP contribution >= 0.6 is 0 Å². The van der Waals surface area contributed by atoms with Gasteiger partial charge in [0.05, 0.1) is 0 Å². The molecule has 1 aromatic rings. The Morgan fingerprint density at radius 3 is 2.20 bits per heavy atom. The first-order valence-corrected chi connectivity index (χ1v) is 5.37. The van der Waals surface area contributed by atoms with Gasteiger partial charge in [-0.1, -0.05) is 34.3 Å². The first kappa shape index (κ1) is 16.1. The molecule has 3 N–H and O–H groups in total. The zero-order valence-corrected chi connectivity index (χ0v) is 10.5. The topological polar surface area (TPSA) is 41.9 Å². The Morgan fingerprint density at radius 1 is 1.33 bits per heavy atom. The van der Waals surface area contributed by atoms with Crippen molar-refractivity contribution >= 4 is 11.8 Å². The van der Waals surface area contributed by atoms with Gasteiger partial charge in [0.1, 0.15) is 12.7 Å². The summed E-state index contributed by atoms with van der Waals surface area (Å²) in [5, 5.41) is 0. The molecule has 0 spiro atoms. The Kier molecular flexibility index (Phi) is 11.5. The summed E-state index contributed by atoms with van der Waals surface area (Å²) in [7, 11) is 1.94. The second-order valence-electron chi connectivity index (χ2n) is 2.27. The highest BCUT2D eigenvalue weighted by atomic mass is 15.2. The van der Waals surface area contributed by atoms with Crippen molar-refractivity contribution in [1.29, 1.82) is 0 Å². The summed E-state index contributed by atoms with van der Waals surface area (Å²) < 4.78 is 1.95. The molecule has 0 radical (unpaired) electrons. The molecule has 0 fully saturated rings. The van der Waals surface area contributed by atoms with Gasteiger partial charge in [0.25, 0.3) is 0 Å². The average molecular weight is 210 g/mol. The van der Waals surface area contributed by atoms with Crippen LogP contribution in [0, 0.1) is 0 Å². The molecule has 0 saturated carbocycles. The summed E-state index contributed by atoms with van der Waals surface area (Å²) in [4.78, 5) is 0. The molecule has 0 bridgehead atoms. The lowest BCUT2D eigenvalue weighted by Gasteiger charge is -2.00. The Labute approximate surface area is 93.6 Å². The van der Waals surface area contributed by atoms with E-state index in [-0.39, 0.29) is 0 Å². The Balaban J connectivity index is 0. The number of nitrogen functional groups attached to an aromatic ring is 1. The minimum absolute atomic E-state index is 0.880. The molecule has 86 valence electrons. The van der Waals surface area contributed by atoms with E-state index >= 15 is 0 Å². The van der Waals surface area contributed by atoms with E-state index in [0.29, 0.717) is 0 Å². The Hall–Kier alpha value is -1.35. The molecule has 0 aliphatic rings. The molecular weight excluding hydrogens is 186 g/mol. The van der Waals surface area contributed by atoms with Crippen LogP contribution in [0.4, 0.5) is 5.69 Å². The fraction of sp³-hybridized carbons (Fsp3) is 0.417. The maximum absolute atomic E-state index is 5.28. The monoisotopic (exact) mass is 210 g/mol. The number of hydrogen-bond acceptors (Lipinski definition) is 2. The van der Waals surface area contributed by atoms with E-state index in [4.69, 9.17) is 5.84 Å². The van der Waals surface area contributed by atoms with E-state index in [1.54, 1.807) is 6.08 Å². The zero-order valence-electron chi connectivity index (χ0n) is 10.5. The Morgan fingerprint density at radius 2 is 1.87 bits per heavy atom. The molecule has 3 nitrogen and oxygen atoms in total. The number of hydrazine groups is 1. The van der Waals surface area contributed by atoms with E-state index in [9.17, 15) is 0 Å². The molecule has 0 aliphatic heterocycles. The van der Waals surface area contributed by atoms with E-state index < -0.39 is 0 Å². The van der Waals surface area contributed by atoms with Gasteiger partial charge < -0.3 is 5.43 Å². The number of nitrogens with zero attached hydrogens (tertiary/aromatic N) is 1. The highest BCUT2D eigenvalue weighted by Crippen LogP contribution is 2.08. The lowest BCUT2D eigenvalue weighted by molar-refractivity contribution is -0.672. The van der Waals surface area contributed by atoms with Gasteiger partial charge in [-0.3, -0.25) is 5.84 Å². The first-order valence-electron chi connectivity index (χ1n) is 5.37. The van der Waals surface area contributed by atoms with Gasteiger partial charge in [-0.25, -0.2) is 0 Å². The third-order valence-electron chi connectivity index (χ3n) is 1.58. The lowest BCUT2D eigenvalue weighted by atomic mass is 10.3. The average Bonchev–Trinajstić information content (AvgIpc) is 2.33. The number of aromatic nitrogens is 1. The quantitative estimate of drug-likeness (QED) is 0.447. The number of rotatable bonds is 2. The summed E-state index contributed by atoms with van der Waals surface area (Å²) in [6.45, 7) is 11.7. The predicted molar refractivity (Wildman–Crippen MR) is 68.2 cm³/mol. The minimum atomic E-state index is 0.880. The van der Waals surface area contributed by atoms with Crippen LogP contribution in [0.5, 0.6) is 0 Å².